The zero-order valence-corrected chi connectivity index (χ0v) is 23.5. The summed E-state index contributed by atoms with van der Waals surface area (Å²) in [6.07, 6.45) is 0.853. The first-order valence-corrected chi connectivity index (χ1v) is 13.1. The predicted octanol–water partition coefficient (Wildman–Crippen LogP) is 4.65. The number of amides is 1. The van der Waals surface area contributed by atoms with Crippen LogP contribution in [0.15, 0.2) is 54.6 Å². The van der Waals surface area contributed by atoms with Gasteiger partial charge in [0.1, 0.15) is 12.4 Å². The van der Waals surface area contributed by atoms with Gasteiger partial charge in [0.15, 0.2) is 23.0 Å². The Labute approximate surface area is 234 Å². The van der Waals surface area contributed by atoms with E-state index in [4.69, 9.17) is 28.4 Å². The van der Waals surface area contributed by atoms with Gasteiger partial charge in [-0.2, -0.15) is 0 Å². The fraction of sp³-hybridized carbons (Fsp3) is 0.355. The van der Waals surface area contributed by atoms with E-state index in [-0.39, 0.29) is 30.9 Å². The molecule has 1 atom stereocenters. The highest BCUT2D eigenvalue weighted by molar-refractivity contribution is 5.89. The van der Waals surface area contributed by atoms with Gasteiger partial charge >= 0.3 is 5.97 Å². The van der Waals surface area contributed by atoms with Crippen LogP contribution in [0.5, 0.6) is 28.7 Å². The number of fused-ring (bicyclic) bond motifs is 1. The third-order valence-corrected chi connectivity index (χ3v) is 6.90. The molecule has 0 bridgehead atoms. The van der Waals surface area contributed by atoms with E-state index in [9.17, 15) is 9.59 Å². The molecule has 3 aromatic rings. The highest BCUT2D eigenvalue weighted by atomic mass is 16.5. The summed E-state index contributed by atoms with van der Waals surface area (Å²) in [7, 11) is 6.33. The molecule has 0 saturated heterocycles. The second-order valence-electron chi connectivity index (χ2n) is 9.18. The van der Waals surface area contributed by atoms with Crippen molar-refractivity contribution in [2.75, 3.05) is 48.2 Å². The molecule has 1 aliphatic heterocycles. The first-order chi connectivity index (χ1) is 19.4. The van der Waals surface area contributed by atoms with Crippen molar-refractivity contribution >= 4 is 11.9 Å². The number of rotatable bonds is 11. The molecule has 9 heteroatoms. The highest BCUT2D eigenvalue weighted by Gasteiger charge is 2.33. The van der Waals surface area contributed by atoms with Gasteiger partial charge in [0, 0.05) is 6.54 Å². The molecule has 3 aromatic carbocycles. The number of esters is 1. The van der Waals surface area contributed by atoms with Gasteiger partial charge in [-0.3, -0.25) is 4.79 Å². The molecule has 1 amide bonds. The van der Waals surface area contributed by atoms with Crippen LogP contribution in [0.4, 0.5) is 0 Å². The molecule has 1 heterocycles. The summed E-state index contributed by atoms with van der Waals surface area (Å²) in [6, 6.07) is 15.8. The van der Waals surface area contributed by atoms with Crippen molar-refractivity contribution in [1.29, 1.82) is 0 Å². The summed E-state index contributed by atoms with van der Waals surface area (Å²) in [4.78, 5) is 27.6. The van der Waals surface area contributed by atoms with Gasteiger partial charge in [-0.25, -0.2) is 4.79 Å². The Morgan fingerprint density at radius 3 is 2.12 bits per heavy atom. The Balaban J connectivity index is 1.60. The van der Waals surface area contributed by atoms with Crippen LogP contribution >= 0.6 is 0 Å². The zero-order valence-electron chi connectivity index (χ0n) is 23.5. The molecule has 0 aromatic heterocycles. The molecule has 4 rings (SSSR count). The summed E-state index contributed by atoms with van der Waals surface area (Å²) >= 11 is 0. The summed E-state index contributed by atoms with van der Waals surface area (Å²) in [6.45, 7) is 2.79. The lowest BCUT2D eigenvalue weighted by Crippen LogP contribution is -2.43. The van der Waals surface area contributed by atoms with E-state index in [0.717, 1.165) is 16.7 Å². The van der Waals surface area contributed by atoms with E-state index in [2.05, 4.69) is 0 Å². The topological polar surface area (TPSA) is 92.8 Å². The molecular formula is C31H35NO8. The van der Waals surface area contributed by atoms with Crippen LogP contribution in [0.2, 0.25) is 0 Å². The monoisotopic (exact) mass is 549 g/mol. The average molecular weight is 550 g/mol. The minimum Gasteiger partial charge on any atom is -0.493 e. The molecule has 40 heavy (non-hydrogen) atoms. The number of benzene rings is 3. The Bertz CT molecular complexity index is 1340. The van der Waals surface area contributed by atoms with Crippen LogP contribution < -0.4 is 23.7 Å². The van der Waals surface area contributed by atoms with Crippen LogP contribution in [0.25, 0.3) is 0 Å². The predicted molar refractivity (Wildman–Crippen MR) is 149 cm³/mol. The van der Waals surface area contributed by atoms with Crippen molar-refractivity contribution in [1.82, 2.24) is 4.90 Å². The lowest BCUT2D eigenvalue weighted by Gasteiger charge is -2.37. The van der Waals surface area contributed by atoms with Crippen LogP contribution in [-0.4, -0.2) is 65.0 Å². The third kappa shape index (κ3) is 6.25. The zero-order chi connectivity index (χ0) is 28.6. The molecule has 1 aliphatic rings. The molecule has 0 unspecified atom stereocenters. The summed E-state index contributed by atoms with van der Waals surface area (Å²) in [5, 5.41) is 0. The maximum absolute atomic E-state index is 13.7. The molecule has 0 saturated carbocycles. The lowest BCUT2D eigenvalue weighted by molar-refractivity contribution is -0.134. The van der Waals surface area contributed by atoms with E-state index in [1.807, 2.05) is 29.2 Å². The van der Waals surface area contributed by atoms with Crippen LogP contribution in [0.1, 0.15) is 40.0 Å². The van der Waals surface area contributed by atoms with E-state index in [1.54, 1.807) is 65.7 Å². The largest absolute Gasteiger partial charge is 0.493 e. The van der Waals surface area contributed by atoms with Crippen LogP contribution in [0.3, 0.4) is 0 Å². The van der Waals surface area contributed by atoms with Gasteiger partial charge in [-0.05, 0) is 78.6 Å². The quantitative estimate of drug-likeness (QED) is 0.319. The maximum atomic E-state index is 13.7. The summed E-state index contributed by atoms with van der Waals surface area (Å²) < 4.78 is 33.1. The second-order valence-corrected chi connectivity index (χ2v) is 9.18. The molecular weight excluding hydrogens is 514 g/mol. The molecule has 0 aliphatic carbocycles. The average Bonchev–Trinajstić information content (AvgIpc) is 2.99. The third-order valence-electron chi connectivity index (χ3n) is 6.90. The number of ether oxygens (including phenoxy) is 6. The Hall–Kier alpha value is -4.40. The normalized spacial score (nSPS) is 14.1. The van der Waals surface area contributed by atoms with Crippen molar-refractivity contribution in [3.63, 3.8) is 0 Å². The number of carbonyl (C=O) groups is 2. The Kier molecular flexibility index (Phi) is 9.37. The minimum absolute atomic E-state index is 0.0427. The second kappa shape index (κ2) is 13.1. The highest BCUT2D eigenvalue weighted by Crippen LogP contribution is 2.39. The van der Waals surface area contributed by atoms with Crippen molar-refractivity contribution in [3.8, 4) is 28.7 Å². The van der Waals surface area contributed by atoms with Gasteiger partial charge in [0.2, 0.25) is 5.91 Å². The van der Waals surface area contributed by atoms with Gasteiger partial charge in [-0.1, -0.05) is 6.07 Å². The van der Waals surface area contributed by atoms with Crippen molar-refractivity contribution in [3.05, 3.63) is 76.9 Å². The maximum Gasteiger partial charge on any atom is 0.338 e. The van der Waals surface area contributed by atoms with Gasteiger partial charge < -0.3 is 33.3 Å². The first-order valence-electron chi connectivity index (χ1n) is 13.1. The van der Waals surface area contributed by atoms with Gasteiger partial charge in [0.05, 0.1) is 53.1 Å². The summed E-state index contributed by atoms with van der Waals surface area (Å²) in [5.41, 5.74) is 3.27. The number of hydrogen-bond acceptors (Lipinski definition) is 8. The van der Waals surface area contributed by atoms with E-state index in [1.165, 1.54) is 0 Å². The molecule has 0 radical (unpaired) electrons. The minimum atomic E-state index is -0.386. The van der Waals surface area contributed by atoms with Crippen molar-refractivity contribution in [2.45, 2.75) is 25.8 Å². The SMILES string of the molecule is CCOC(=O)c1ccc(OC[C@H]2c3cc(OC)c(OC)cc3CCN2C(=O)Cc2ccc(OC)c(OC)c2)cc1. The molecule has 9 nitrogen and oxygen atoms in total. The Morgan fingerprint density at radius 2 is 1.48 bits per heavy atom. The van der Waals surface area contributed by atoms with Gasteiger partial charge in [-0.15, -0.1) is 0 Å². The molecule has 0 N–H and O–H groups in total. The summed E-state index contributed by atoms with van der Waals surface area (Å²) in [5.74, 6) is 2.54. The number of nitrogens with zero attached hydrogens (tertiary/aromatic N) is 1. The van der Waals surface area contributed by atoms with E-state index < -0.39 is 0 Å². The Morgan fingerprint density at radius 1 is 0.825 bits per heavy atom. The van der Waals surface area contributed by atoms with Crippen molar-refractivity contribution in [2.24, 2.45) is 0 Å². The van der Waals surface area contributed by atoms with E-state index in [0.29, 0.717) is 53.9 Å². The van der Waals surface area contributed by atoms with Crippen LogP contribution in [0, 0.1) is 0 Å². The van der Waals surface area contributed by atoms with Crippen molar-refractivity contribution < 1.29 is 38.0 Å². The fourth-order valence-electron chi connectivity index (χ4n) is 4.85. The molecule has 0 fully saturated rings. The molecule has 212 valence electrons. The van der Waals surface area contributed by atoms with Crippen LogP contribution in [-0.2, 0) is 22.4 Å². The van der Waals surface area contributed by atoms with E-state index >= 15 is 0 Å². The number of methoxy groups -OCH3 is 4. The number of carbonyl (C=O) groups excluding carboxylic acids is 2. The lowest BCUT2D eigenvalue weighted by atomic mass is 9.91. The standard InChI is InChI=1S/C31H35NO8/c1-6-39-31(34)21-8-10-23(11-9-21)40-19-25-24-18-29(38-5)28(37-4)17-22(24)13-14-32(25)30(33)16-20-7-12-26(35-2)27(15-20)36-3/h7-12,15,17-18,25H,6,13-14,16,19H2,1-5H3/t25-/m0/s1. The smallest absolute Gasteiger partial charge is 0.338 e. The molecule has 0 spiro atoms. The number of hydrogen-bond donors (Lipinski definition) is 0. The fourth-order valence-corrected chi connectivity index (χ4v) is 4.85. The first kappa shape index (κ1) is 28.6. The van der Waals surface area contributed by atoms with Gasteiger partial charge in [0.25, 0.3) is 0 Å².